The lowest BCUT2D eigenvalue weighted by atomic mass is 10.0. The second-order valence-electron chi connectivity index (χ2n) is 7.01. The van der Waals surface area contributed by atoms with E-state index in [4.69, 9.17) is 0 Å². The highest BCUT2D eigenvalue weighted by Crippen LogP contribution is 2.32. The van der Waals surface area contributed by atoms with Gasteiger partial charge in [-0.15, -0.1) is 0 Å². The summed E-state index contributed by atoms with van der Waals surface area (Å²) in [6.07, 6.45) is -2.00. The Morgan fingerprint density at radius 1 is 1.11 bits per heavy atom. The summed E-state index contributed by atoms with van der Waals surface area (Å²) in [5, 5.41) is 2.55. The van der Waals surface area contributed by atoms with Crippen LogP contribution in [0.1, 0.15) is 35.2 Å². The SMILES string of the molecule is O=C(NC1CS(=O)(=O)CC1N1CCCCC1)c1ccc(F)c(C(F)(F)F)c1. The molecule has 0 bridgehead atoms. The molecule has 1 N–H and O–H groups in total. The van der Waals surface area contributed by atoms with Gasteiger partial charge in [0, 0.05) is 11.6 Å². The molecule has 0 aliphatic carbocycles. The number of nitrogens with zero attached hydrogens (tertiary/aromatic N) is 1. The van der Waals surface area contributed by atoms with Crippen LogP contribution in [0, 0.1) is 5.82 Å². The number of carbonyl (C=O) groups excluding carboxylic acids is 1. The Balaban J connectivity index is 1.79. The largest absolute Gasteiger partial charge is 0.419 e. The lowest BCUT2D eigenvalue weighted by Gasteiger charge is -2.35. The molecule has 2 aliphatic rings. The molecule has 2 unspecified atom stereocenters. The zero-order chi connectivity index (χ0) is 19.8. The molecule has 0 saturated carbocycles. The van der Waals surface area contributed by atoms with Crippen LogP contribution < -0.4 is 5.32 Å². The number of hydrogen-bond donors (Lipinski definition) is 1. The fraction of sp³-hybridized carbons (Fsp3) is 0.588. The lowest BCUT2D eigenvalue weighted by Crippen LogP contribution is -2.52. The van der Waals surface area contributed by atoms with Gasteiger partial charge >= 0.3 is 6.18 Å². The number of nitrogens with one attached hydrogen (secondary N) is 1. The van der Waals surface area contributed by atoms with Gasteiger partial charge in [-0.3, -0.25) is 9.69 Å². The molecule has 1 aromatic carbocycles. The summed E-state index contributed by atoms with van der Waals surface area (Å²) in [7, 11) is -3.36. The molecular weight excluding hydrogens is 388 g/mol. The first kappa shape index (κ1) is 20.1. The monoisotopic (exact) mass is 408 g/mol. The third-order valence-electron chi connectivity index (χ3n) is 5.03. The van der Waals surface area contributed by atoms with E-state index in [0.717, 1.165) is 38.4 Å². The van der Waals surface area contributed by atoms with E-state index in [0.29, 0.717) is 12.1 Å². The van der Waals surface area contributed by atoms with Crippen molar-refractivity contribution in [3.63, 3.8) is 0 Å². The standard InChI is InChI=1S/C17H20F4N2O3S/c18-13-5-4-11(8-12(13)17(19,20)21)16(24)22-14-9-27(25,26)10-15(14)23-6-2-1-3-7-23/h4-5,8,14-15H,1-3,6-7,9-10H2,(H,22,24). The van der Waals surface area contributed by atoms with Crippen LogP contribution in [0.25, 0.3) is 0 Å². The second-order valence-corrected chi connectivity index (χ2v) is 9.17. The summed E-state index contributed by atoms with van der Waals surface area (Å²) in [5.74, 6) is -2.65. The number of likely N-dealkylation sites (tertiary alicyclic amines) is 1. The number of halogens is 4. The third-order valence-corrected chi connectivity index (χ3v) is 6.75. The van der Waals surface area contributed by atoms with Gasteiger partial charge in [-0.2, -0.15) is 13.2 Å². The van der Waals surface area contributed by atoms with Crippen molar-refractivity contribution in [1.29, 1.82) is 0 Å². The van der Waals surface area contributed by atoms with E-state index in [1.165, 1.54) is 0 Å². The predicted octanol–water partition coefficient (Wildman–Crippen LogP) is 2.23. The minimum Gasteiger partial charge on any atom is -0.347 e. The normalized spacial score (nSPS) is 26.1. The molecule has 2 aliphatic heterocycles. The molecule has 0 radical (unpaired) electrons. The Morgan fingerprint density at radius 2 is 1.78 bits per heavy atom. The zero-order valence-electron chi connectivity index (χ0n) is 14.4. The van der Waals surface area contributed by atoms with Crippen molar-refractivity contribution < 1.29 is 30.8 Å². The maximum Gasteiger partial charge on any atom is 0.419 e. The van der Waals surface area contributed by atoms with E-state index >= 15 is 0 Å². The molecule has 150 valence electrons. The summed E-state index contributed by atoms with van der Waals surface area (Å²) in [6.45, 7) is 1.45. The Kier molecular flexibility index (Phi) is 5.49. The van der Waals surface area contributed by atoms with Crippen LogP contribution in [-0.4, -0.2) is 55.9 Å². The van der Waals surface area contributed by atoms with Gasteiger partial charge in [-0.05, 0) is 44.1 Å². The fourth-order valence-corrected chi connectivity index (χ4v) is 5.66. The lowest BCUT2D eigenvalue weighted by molar-refractivity contribution is -0.140. The maximum absolute atomic E-state index is 13.4. The van der Waals surface area contributed by atoms with Crippen LogP contribution in [0.2, 0.25) is 0 Å². The quantitative estimate of drug-likeness (QED) is 0.779. The van der Waals surface area contributed by atoms with Crippen LogP contribution in [0.3, 0.4) is 0 Å². The number of amides is 1. The van der Waals surface area contributed by atoms with Crippen molar-refractivity contribution in [3.05, 3.63) is 35.1 Å². The summed E-state index contributed by atoms with van der Waals surface area (Å²) < 4.78 is 76.1. The topological polar surface area (TPSA) is 66.5 Å². The highest BCUT2D eigenvalue weighted by atomic mass is 32.2. The average molecular weight is 408 g/mol. The van der Waals surface area contributed by atoms with E-state index in [2.05, 4.69) is 5.32 Å². The van der Waals surface area contributed by atoms with E-state index in [1.807, 2.05) is 4.90 Å². The molecule has 10 heteroatoms. The molecular formula is C17H20F4N2O3S. The van der Waals surface area contributed by atoms with Gasteiger partial charge in [0.1, 0.15) is 5.82 Å². The number of hydrogen-bond acceptors (Lipinski definition) is 4. The van der Waals surface area contributed by atoms with Crippen molar-refractivity contribution >= 4 is 15.7 Å². The molecule has 1 amide bonds. The first-order valence-electron chi connectivity index (χ1n) is 8.69. The fourth-order valence-electron chi connectivity index (χ4n) is 3.71. The minimum absolute atomic E-state index is 0.0881. The Bertz CT molecular complexity index is 820. The maximum atomic E-state index is 13.4. The predicted molar refractivity (Wildman–Crippen MR) is 90.5 cm³/mol. The second kappa shape index (κ2) is 7.38. The Morgan fingerprint density at radius 3 is 2.41 bits per heavy atom. The average Bonchev–Trinajstić information content (AvgIpc) is 2.89. The molecule has 2 saturated heterocycles. The van der Waals surface area contributed by atoms with E-state index in [1.54, 1.807) is 0 Å². The number of benzene rings is 1. The summed E-state index contributed by atoms with van der Waals surface area (Å²) in [5.41, 5.74) is -1.88. The smallest absolute Gasteiger partial charge is 0.347 e. The van der Waals surface area contributed by atoms with E-state index in [-0.39, 0.29) is 17.1 Å². The van der Waals surface area contributed by atoms with Gasteiger partial charge in [0.05, 0.1) is 23.1 Å². The molecule has 0 spiro atoms. The molecule has 0 aromatic heterocycles. The summed E-state index contributed by atoms with van der Waals surface area (Å²) in [6, 6.07) is 0.885. The zero-order valence-corrected chi connectivity index (χ0v) is 15.2. The molecule has 2 heterocycles. The molecule has 3 rings (SSSR count). The first-order chi connectivity index (χ1) is 12.6. The number of rotatable bonds is 3. The van der Waals surface area contributed by atoms with Crippen molar-refractivity contribution in [2.24, 2.45) is 0 Å². The molecule has 2 fully saturated rings. The van der Waals surface area contributed by atoms with Gasteiger partial charge in [-0.25, -0.2) is 12.8 Å². The van der Waals surface area contributed by atoms with Crippen molar-refractivity contribution in [2.75, 3.05) is 24.6 Å². The first-order valence-corrected chi connectivity index (χ1v) is 10.5. The van der Waals surface area contributed by atoms with Gasteiger partial charge in [-0.1, -0.05) is 6.42 Å². The van der Waals surface area contributed by atoms with Crippen molar-refractivity contribution in [3.8, 4) is 0 Å². The summed E-state index contributed by atoms with van der Waals surface area (Å²) in [4.78, 5) is 14.4. The Hall–Kier alpha value is -1.68. The van der Waals surface area contributed by atoms with Crippen LogP contribution in [0.5, 0.6) is 0 Å². The van der Waals surface area contributed by atoms with Crippen LogP contribution in [-0.2, 0) is 16.0 Å². The van der Waals surface area contributed by atoms with Gasteiger partial charge in [0.15, 0.2) is 9.84 Å². The van der Waals surface area contributed by atoms with Crippen LogP contribution in [0.4, 0.5) is 17.6 Å². The minimum atomic E-state index is -4.92. The molecule has 5 nitrogen and oxygen atoms in total. The highest BCUT2D eigenvalue weighted by Gasteiger charge is 2.42. The third kappa shape index (κ3) is 4.60. The molecule has 27 heavy (non-hydrogen) atoms. The number of piperidine rings is 1. The summed E-state index contributed by atoms with van der Waals surface area (Å²) >= 11 is 0. The molecule has 2 atom stereocenters. The van der Waals surface area contributed by atoms with Crippen LogP contribution in [0.15, 0.2) is 18.2 Å². The number of alkyl halides is 3. The molecule has 1 aromatic rings. The van der Waals surface area contributed by atoms with E-state index in [9.17, 15) is 30.8 Å². The number of sulfone groups is 1. The van der Waals surface area contributed by atoms with Crippen molar-refractivity contribution in [2.45, 2.75) is 37.5 Å². The number of carbonyl (C=O) groups is 1. The van der Waals surface area contributed by atoms with Gasteiger partial charge in [0.2, 0.25) is 0 Å². The van der Waals surface area contributed by atoms with Gasteiger partial charge in [0.25, 0.3) is 5.91 Å². The van der Waals surface area contributed by atoms with Crippen LogP contribution >= 0.6 is 0 Å². The highest BCUT2D eigenvalue weighted by molar-refractivity contribution is 7.91. The Labute approximate surface area is 154 Å². The van der Waals surface area contributed by atoms with Gasteiger partial charge < -0.3 is 5.32 Å². The van der Waals surface area contributed by atoms with Crippen molar-refractivity contribution in [1.82, 2.24) is 10.2 Å². The van der Waals surface area contributed by atoms with E-state index < -0.39 is 45.4 Å².